The molecule has 28 heavy (non-hydrogen) atoms. The molecule has 4 N–H and O–H groups in total. The lowest BCUT2D eigenvalue weighted by molar-refractivity contribution is 0.262. The van der Waals surface area contributed by atoms with Crippen LogP contribution in [-0.4, -0.2) is 30.8 Å². The fourth-order valence-electron chi connectivity index (χ4n) is 2.71. The number of carbonyl (C=O) groups excluding carboxylic acids is 1. The summed E-state index contributed by atoms with van der Waals surface area (Å²) in [6.45, 7) is 1.80. The van der Waals surface area contributed by atoms with Gasteiger partial charge in [-0.3, -0.25) is 10.3 Å². The lowest BCUT2D eigenvalue weighted by Gasteiger charge is -2.09. The van der Waals surface area contributed by atoms with Gasteiger partial charge in [0.05, 0.1) is 23.8 Å². The van der Waals surface area contributed by atoms with Crippen LogP contribution in [0.4, 0.5) is 26.5 Å². The molecule has 10 heteroatoms. The van der Waals surface area contributed by atoms with Gasteiger partial charge in [-0.15, -0.1) is 5.10 Å². The van der Waals surface area contributed by atoms with Crippen molar-refractivity contribution < 1.29 is 9.18 Å². The molecule has 0 spiro atoms. The van der Waals surface area contributed by atoms with Gasteiger partial charge >= 0.3 is 6.03 Å². The monoisotopic (exact) mass is 378 g/mol. The molecule has 1 aromatic carbocycles. The van der Waals surface area contributed by atoms with Crippen LogP contribution in [0.5, 0.6) is 0 Å². The van der Waals surface area contributed by atoms with Crippen molar-refractivity contribution in [3.63, 3.8) is 0 Å². The van der Waals surface area contributed by atoms with Crippen LogP contribution in [0.15, 0.2) is 48.9 Å². The number of fused-ring (bicyclic) bond motifs is 1. The standard InChI is InChI=1S/C18H15FN8O/c1-10-4-5-12(19)13(7-10)23-18(28)24-15-9-21-14(8-22-15)11-3-2-6-27-16(11)17(20)25-26-27/h2-9H,20H2,1H3,(H2,22,23,24,28). The molecule has 2 amide bonds. The Morgan fingerprint density at radius 3 is 2.82 bits per heavy atom. The Morgan fingerprint density at radius 2 is 2.04 bits per heavy atom. The SMILES string of the molecule is Cc1ccc(F)c(NC(=O)Nc2cnc(-c3cccn4nnc(N)c34)cn2)c1. The number of rotatable bonds is 3. The van der Waals surface area contributed by atoms with Crippen molar-refractivity contribution in [2.75, 3.05) is 16.4 Å². The average Bonchev–Trinajstić information content (AvgIpc) is 3.07. The maximum absolute atomic E-state index is 13.8. The highest BCUT2D eigenvalue weighted by molar-refractivity contribution is 5.99. The number of nitrogen functional groups attached to an aromatic ring is 1. The molecule has 3 aromatic heterocycles. The minimum atomic E-state index is -0.627. The number of hydrogen-bond acceptors (Lipinski definition) is 6. The molecule has 0 aliphatic carbocycles. The number of anilines is 3. The zero-order valence-corrected chi connectivity index (χ0v) is 14.7. The largest absolute Gasteiger partial charge is 0.380 e. The summed E-state index contributed by atoms with van der Waals surface area (Å²) in [7, 11) is 0. The first kappa shape index (κ1) is 17.3. The molecular weight excluding hydrogens is 363 g/mol. The molecule has 3 heterocycles. The summed E-state index contributed by atoms with van der Waals surface area (Å²) in [6.07, 6.45) is 4.61. The number of nitrogens with zero attached hydrogens (tertiary/aromatic N) is 5. The minimum absolute atomic E-state index is 0.0810. The van der Waals surface area contributed by atoms with E-state index in [1.165, 1.54) is 24.5 Å². The summed E-state index contributed by atoms with van der Waals surface area (Å²) in [5, 5.41) is 12.7. The second-order valence-electron chi connectivity index (χ2n) is 6.04. The lowest BCUT2D eigenvalue weighted by atomic mass is 10.1. The first-order chi connectivity index (χ1) is 13.5. The van der Waals surface area contributed by atoms with E-state index in [9.17, 15) is 9.18 Å². The number of benzene rings is 1. The Bertz CT molecular complexity index is 1170. The first-order valence-electron chi connectivity index (χ1n) is 8.27. The third kappa shape index (κ3) is 3.30. The molecular formula is C18H15FN8O. The number of hydrogen-bond donors (Lipinski definition) is 3. The Morgan fingerprint density at radius 1 is 1.18 bits per heavy atom. The maximum atomic E-state index is 13.8. The highest BCUT2D eigenvalue weighted by Crippen LogP contribution is 2.25. The zero-order chi connectivity index (χ0) is 19.7. The summed E-state index contributed by atoms with van der Waals surface area (Å²) < 4.78 is 15.3. The molecule has 4 rings (SSSR count). The van der Waals surface area contributed by atoms with Gasteiger partial charge in [0, 0.05) is 11.8 Å². The Hall–Kier alpha value is -4.08. The third-order valence-corrected chi connectivity index (χ3v) is 4.01. The summed E-state index contributed by atoms with van der Waals surface area (Å²) >= 11 is 0. The van der Waals surface area contributed by atoms with Gasteiger partial charge < -0.3 is 11.1 Å². The van der Waals surface area contributed by atoms with Crippen molar-refractivity contribution >= 4 is 28.9 Å². The first-order valence-corrected chi connectivity index (χ1v) is 8.27. The number of amides is 2. The molecule has 0 radical (unpaired) electrons. The van der Waals surface area contributed by atoms with Crippen LogP contribution in [0.3, 0.4) is 0 Å². The van der Waals surface area contributed by atoms with Crippen LogP contribution >= 0.6 is 0 Å². The van der Waals surface area contributed by atoms with Crippen molar-refractivity contribution in [1.29, 1.82) is 0 Å². The number of aryl methyl sites for hydroxylation is 1. The van der Waals surface area contributed by atoms with Crippen molar-refractivity contribution in [2.45, 2.75) is 6.92 Å². The average molecular weight is 378 g/mol. The van der Waals surface area contributed by atoms with Gasteiger partial charge in [-0.25, -0.2) is 18.7 Å². The lowest BCUT2D eigenvalue weighted by Crippen LogP contribution is -2.21. The number of nitrogens with two attached hydrogens (primary N) is 1. The molecule has 0 bridgehead atoms. The third-order valence-electron chi connectivity index (χ3n) is 4.01. The fourth-order valence-corrected chi connectivity index (χ4v) is 2.71. The topological polar surface area (TPSA) is 123 Å². The molecule has 9 nitrogen and oxygen atoms in total. The van der Waals surface area contributed by atoms with Gasteiger partial charge in [-0.1, -0.05) is 11.3 Å². The molecule has 0 aliphatic rings. The summed E-state index contributed by atoms with van der Waals surface area (Å²) in [4.78, 5) is 20.6. The fraction of sp³-hybridized carbons (Fsp3) is 0.0556. The Balaban J connectivity index is 1.52. The van der Waals surface area contributed by atoms with E-state index in [4.69, 9.17) is 5.73 Å². The van der Waals surface area contributed by atoms with E-state index in [1.54, 1.807) is 29.8 Å². The number of carbonyl (C=O) groups is 1. The summed E-state index contributed by atoms with van der Waals surface area (Å²) in [5.41, 5.74) is 8.63. The molecule has 0 fully saturated rings. The number of halogens is 1. The quantitative estimate of drug-likeness (QED) is 0.504. The van der Waals surface area contributed by atoms with Crippen LogP contribution in [0.2, 0.25) is 0 Å². The van der Waals surface area contributed by atoms with E-state index in [1.807, 2.05) is 6.07 Å². The van der Waals surface area contributed by atoms with Crippen molar-refractivity contribution in [1.82, 2.24) is 24.8 Å². The normalized spacial score (nSPS) is 10.8. The van der Waals surface area contributed by atoms with Crippen molar-refractivity contribution in [3.8, 4) is 11.3 Å². The van der Waals surface area contributed by atoms with Crippen LogP contribution < -0.4 is 16.4 Å². The number of pyridine rings is 1. The van der Waals surface area contributed by atoms with E-state index in [0.717, 1.165) is 5.56 Å². The molecule has 0 aliphatic heterocycles. The van der Waals surface area contributed by atoms with Gasteiger partial charge in [0.2, 0.25) is 0 Å². The maximum Gasteiger partial charge on any atom is 0.324 e. The van der Waals surface area contributed by atoms with E-state index in [-0.39, 0.29) is 17.3 Å². The number of aromatic nitrogens is 5. The predicted molar refractivity (Wildman–Crippen MR) is 102 cm³/mol. The summed E-state index contributed by atoms with van der Waals surface area (Å²) in [5.74, 6) is -0.0395. The van der Waals surface area contributed by atoms with Gasteiger partial charge in [0.25, 0.3) is 0 Å². The molecule has 4 aromatic rings. The Labute approximate surface area is 158 Å². The van der Waals surface area contributed by atoms with Crippen LogP contribution in [0, 0.1) is 12.7 Å². The Kier molecular flexibility index (Phi) is 4.28. The number of nitrogens with one attached hydrogen (secondary N) is 2. The molecule has 0 unspecified atom stereocenters. The van der Waals surface area contributed by atoms with E-state index >= 15 is 0 Å². The molecule has 0 saturated heterocycles. The van der Waals surface area contributed by atoms with E-state index in [2.05, 4.69) is 30.9 Å². The van der Waals surface area contributed by atoms with E-state index in [0.29, 0.717) is 16.8 Å². The molecule has 0 saturated carbocycles. The van der Waals surface area contributed by atoms with Gasteiger partial charge in [0.15, 0.2) is 11.6 Å². The smallest absolute Gasteiger partial charge is 0.324 e. The number of urea groups is 1. The molecule has 0 atom stereocenters. The second kappa shape index (κ2) is 6.91. The van der Waals surface area contributed by atoms with Gasteiger partial charge in [-0.2, -0.15) is 0 Å². The molecule has 140 valence electrons. The van der Waals surface area contributed by atoms with E-state index < -0.39 is 11.8 Å². The van der Waals surface area contributed by atoms with Gasteiger partial charge in [-0.05, 0) is 36.8 Å². The highest BCUT2D eigenvalue weighted by atomic mass is 19.1. The zero-order valence-electron chi connectivity index (χ0n) is 14.7. The van der Waals surface area contributed by atoms with Crippen molar-refractivity contribution in [3.05, 3.63) is 60.3 Å². The van der Waals surface area contributed by atoms with Crippen molar-refractivity contribution in [2.24, 2.45) is 0 Å². The minimum Gasteiger partial charge on any atom is -0.380 e. The predicted octanol–water partition coefficient (Wildman–Crippen LogP) is 2.86. The summed E-state index contributed by atoms with van der Waals surface area (Å²) in [6, 6.07) is 7.42. The van der Waals surface area contributed by atoms with Crippen LogP contribution in [-0.2, 0) is 0 Å². The second-order valence-corrected chi connectivity index (χ2v) is 6.04. The van der Waals surface area contributed by atoms with Crippen LogP contribution in [0.1, 0.15) is 5.56 Å². The van der Waals surface area contributed by atoms with Crippen LogP contribution in [0.25, 0.3) is 16.8 Å². The highest BCUT2D eigenvalue weighted by Gasteiger charge is 2.12. The van der Waals surface area contributed by atoms with Gasteiger partial charge in [0.1, 0.15) is 11.3 Å².